The van der Waals surface area contributed by atoms with E-state index in [0.717, 1.165) is 0 Å². The average Bonchev–Trinajstić information content (AvgIpc) is 3.42. The Balaban J connectivity index is 1.84. The summed E-state index contributed by atoms with van der Waals surface area (Å²) in [5.74, 6) is 0. The zero-order chi connectivity index (χ0) is 20.5. The number of hydrogen-bond acceptors (Lipinski definition) is 1. The van der Waals surface area contributed by atoms with Crippen molar-refractivity contribution in [3.63, 3.8) is 0 Å². The third-order valence-electron chi connectivity index (χ3n) is 6.74. The van der Waals surface area contributed by atoms with Gasteiger partial charge in [0, 0.05) is 23.5 Å². The SMILES string of the molecule is Cc1ccc(C2(c3ccc(C)cc3)c3ccsc3-c3c2c2ccccc2n3C)cc1. The monoisotopic (exact) mass is 405 g/mol. The number of aromatic nitrogens is 1. The maximum Gasteiger partial charge on any atom is 0.0743 e. The van der Waals surface area contributed by atoms with Crippen LogP contribution in [0.25, 0.3) is 21.5 Å². The Hall–Kier alpha value is -3.10. The van der Waals surface area contributed by atoms with Crippen molar-refractivity contribution in [3.05, 3.63) is 118 Å². The first-order chi connectivity index (χ1) is 14.6. The zero-order valence-corrected chi connectivity index (χ0v) is 18.3. The molecular formula is C28H23NS. The van der Waals surface area contributed by atoms with Gasteiger partial charge >= 0.3 is 0 Å². The van der Waals surface area contributed by atoms with Gasteiger partial charge in [0.05, 0.1) is 16.0 Å². The lowest BCUT2D eigenvalue weighted by Gasteiger charge is -2.33. The van der Waals surface area contributed by atoms with Crippen LogP contribution in [0, 0.1) is 13.8 Å². The van der Waals surface area contributed by atoms with Crippen LogP contribution in [0.1, 0.15) is 33.4 Å². The fraction of sp³-hybridized carbons (Fsp3) is 0.143. The van der Waals surface area contributed by atoms with Crippen molar-refractivity contribution in [2.75, 3.05) is 0 Å². The Bertz CT molecular complexity index is 1350. The minimum absolute atomic E-state index is 0.299. The van der Waals surface area contributed by atoms with E-state index in [1.54, 1.807) is 0 Å². The molecule has 30 heavy (non-hydrogen) atoms. The number of fused-ring (bicyclic) bond motifs is 5. The number of para-hydroxylation sites is 1. The second-order valence-corrected chi connectivity index (χ2v) is 9.36. The molecule has 3 aromatic carbocycles. The molecule has 2 heterocycles. The Morgan fingerprint density at radius 3 is 1.97 bits per heavy atom. The van der Waals surface area contributed by atoms with E-state index >= 15 is 0 Å². The van der Waals surface area contributed by atoms with Gasteiger partial charge in [-0.3, -0.25) is 0 Å². The van der Waals surface area contributed by atoms with Crippen LogP contribution in [0.15, 0.2) is 84.2 Å². The van der Waals surface area contributed by atoms with E-state index in [-0.39, 0.29) is 5.41 Å². The summed E-state index contributed by atoms with van der Waals surface area (Å²) in [7, 11) is 2.21. The largest absolute Gasteiger partial charge is 0.343 e. The van der Waals surface area contributed by atoms with E-state index in [4.69, 9.17) is 0 Å². The Labute approximate surface area is 181 Å². The maximum atomic E-state index is 2.39. The molecular weight excluding hydrogens is 382 g/mol. The average molecular weight is 406 g/mol. The summed E-state index contributed by atoms with van der Waals surface area (Å²) in [5.41, 5.74) is 10.5. The Morgan fingerprint density at radius 1 is 0.733 bits per heavy atom. The van der Waals surface area contributed by atoms with Crippen LogP contribution in [0.2, 0.25) is 0 Å². The van der Waals surface area contributed by atoms with E-state index in [1.165, 1.54) is 54.9 Å². The van der Waals surface area contributed by atoms with Gasteiger partial charge in [-0.2, -0.15) is 0 Å². The van der Waals surface area contributed by atoms with E-state index < -0.39 is 0 Å². The van der Waals surface area contributed by atoms with Crippen molar-refractivity contribution in [2.24, 2.45) is 7.05 Å². The van der Waals surface area contributed by atoms with Crippen molar-refractivity contribution in [1.82, 2.24) is 4.57 Å². The van der Waals surface area contributed by atoms with Gasteiger partial charge in [0.2, 0.25) is 0 Å². The molecule has 0 bridgehead atoms. The molecule has 5 aromatic rings. The second-order valence-electron chi connectivity index (χ2n) is 8.45. The smallest absolute Gasteiger partial charge is 0.0743 e. The normalized spacial score (nSPS) is 14.1. The summed E-state index contributed by atoms with van der Waals surface area (Å²) in [5, 5.41) is 3.60. The van der Waals surface area contributed by atoms with E-state index in [0.29, 0.717) is 0 Å². The van der Waals surface area contributed by atoms with Crippen LogP contribution in [0.4, 0.5) is 0 Å². The molecule has 1 aliphatic carbocycles. The summed E-state index contributed by atoms with van der Waals surface area (Å²) in [4.78, 5) is 1.39. The van der Waals surface area contributed by atoms with Crippen LogP contribution in [0.3, 0.4) is 0 Å². The van der Waals surface area contributed by atoms with Crippen LogP contribution in [-0.4, -0.2) is 4.57 Å². The molecule has 0 amide bonds. The van der Waals surface area contributed by atoms with Gasteiger partial charge in [-0.05, 0) is 48.1 Å². The fourth-order valence-corrected chi connectivity index (χ4v) is 6.37. The lowest BCUT2D eigenvalue weighted by molar-refractivity contribution is 0.775. The highest BCUT2D eigenvalue weighted by atomic mass is 32.1. The summed E-state index contributed by atoms with van der Waals surface area (Å²) < 4.78 is 2.39. The molecule has 6 rings (SSSR count). The number of benzene rings is 3. The minimum atomic E-state index is -0.299. The summed E-state index contributed by atoms with van der Waals surface area (Å²) in [6.45, 7) is 4.33. The summed E-state index contributed by atoms with van der Waals surface area (Å²) in [6, 6.07) is 29.5. The Morgan fingerprint density at radius 2 is 1.33 bits per heavy atom. The lowest BCUT2D eigenvalue weighted by atomic mass is 9.67. The molecule has 0 radical (unpaired) electrons. The fourth-order valence-electron chi connectivity index (χ4n) is 5.33. The molecule has 0 saturated heterocycles. The molecule has 1 nitrogen and oxygen atoms in total. The maximum absolute atomic E-state index is 2.39. The molecule has 2 aromatic heterocycles. The number of hydrogen-bond donors (Lipinski definition) is 0. The standard InChI is InChI=1S/C28H23NS/c1-18-8-12-20(13-9-18)28(21-14-10-19(2)11-15-21)23-16-17-30-27(23)26-25(28)22-6-4-5-7-24(22)29(26)3/h4-17H,1-3H3. The quantitative estimate of drug-likeness (QED) is 0.287. The molecule has 0 unspecified atom stereocenters. The summed E-state index contributed by atoms with van der Waals surface area (Å²) >= 11 is 1.86. The Kier molecular flexibility index (Phi) is 3.66. The number of thiophene rings is 1. The van der Waals surface area contributed by atoms with Crippen molar-refractivity contribution < 1.29 is 0 Å². The van der Waals surface area contributed by atoms with Crippen molar-refractivity contribution >= 4 is 22.2 Å². The third kappa shape index (κ3) is 2.12. The minimum Gasteiger partial charge on any atom is -0.343 e. The second kappa shape index (κ2) is 6.20. The van der Waals surface area contributed by atoms with Gasteiger partial charge in [0.1, 0.15) is 0 Å². The predicted octanol–water partition coefficient (Wildman–Crippen LogP) is 7.22. The first-order valence-electron chi connectivity index (χ1n) is 10.4. The number of rotatable bonds is 2. The zero-order valence-electron chi connectivity index (χ0n) is 17.4. The molecule has 0 spiro atoms. The molecule has 0 fully saturated rings. The molecule has 146 valence electrons. The topological polar surface area (TPSA) is 4.93 Å². The summed E-state index contributed by atoms with van der Waals surface area (Å²) in [6.07, 6.45) is 0. The van der Waals surface area contributed by atoms with Crippen molar-refractivity contribution in [2.45, 2.75) is 19.3 Å². The van der Waals surface area contributed by atoms with Crippen molar-refractivity contribution in [1.29, 1.82) is 0 Å². The lowest BCUT2D eigenvalue weighted by Crippen LogP contribution is -2.28. The van der Waals surface area contributed by atoms with Gasteiger partial charge < -0.3 is 4.57 Å². The van der Waals surface area contributed by atoms with E-state index in [1.807, 2.05) is 11.3 Å². The molecule has 0 aliphatic heterocycles. The third-order valence-corrected chi connectivity index (χ3v) is 7.66. The number of nitrogens with zero attached hydrogens (tertiary/aromatic N) is 1. The molecule has 0 N–H and O–H groups in total. The van der Waals surface area contributed by atoms with Gasteiger partial charge in [-0.25, -0.2) is 0 Å². The molecule has 0 atom stereocenters. The number of aryl methyl sites for hydroxylation is 3. The predicted molar refractivity (Wildman–Crippen MR) is 128 cm³/mol. The highest BCUT2D eigenvalue weighted by Crippen LogP contribution is 2.60. The molecule has 1 aliphatic rings. The highest BCUT2D eigenvalue weighted by molar-refractivity contribution is 7.14. The molecule has 0 saturated carbocycles. The van der Waals surface area contributed by atoms with E-state index in [2.05, 4.69) is 110 Å². The van der Waals surface area contributed by atoms with Crippen LogP contribution < -0.4 is 0 Å². The van der Waals surface area contributed by atoms with Gasteiger partial charge in [0.15, 0.2) is 0 Å². The van der Waals surface area contributed by atoms with Crippen molar-refractivity contribution in [3.8, 4) is 10.6 Å². The van der Waals surface area contributed by atoms with Gasteiger partial charge in [-0.15, -0.1) is 11.3 Å². The van der Waals surface area contributed by atoms with Crippen LogP contribution in [-0.2, 0) is 12.5 Å². The van der Waals surface area contributed by atoms with E-state index in [9.17, 15) is 0 Å². The molecule has 2 heteroatoms. The first kappa shape index (κ1) is 17.7. The van der Waals surface area contributed by atoms with Crippen LogP contribution in [0.5, 0.6) is 0 Å². The highest BCUT2D eigenvalue weighted by Gasteiger charge is 2.49. The van der Waals surface area contributed by atoms with Crippen LogP contribution >= 0.6 is 11.3 Å². The van der Waals surface area contributed by atoms with Gasteiger partial charge in [0.25, 0.3) is 0 Å². The van der Waals surface area contributed by atoms with Gasteiger partial charge in [-0.1, -0.05) is 77.9 Å². The first-order valence-corrected chi connectivity index (χ1v) is 11.3.